The first kappa shape index (κ1) is 12.4. The minimum Gasteiger partial charge on any atom is -0.496 e. The van der Waals surface area contributed by atoms with Gasteiger partial charge in [-0.1, -0.05) is 25.1 Å². The smallest absolute Gasteiger partial charge is 0.123 e. The zero-order valence-corrected chi connectivity index (χ0v) is 10.8. The lowest BCUT2D eigenvalue weighted by Gasteiger charge is -2.35. The zero-order chi connectivity index (χ0) is 12.1. The van der Waals surface area contributed by atoms with Crippen LogP contribution in [0.15, 0.2) is 24.3 Å². The minimum absolute atomic E-state index is 0.480. The van der Waals surface area contributed by atoms with Crippen LogP contribution in [0.1, 0.15) is 24.9 Å². The summed E-state index contributed by atoms with van der Waals surface area (Å²) in [6.07, 6.45) is 1.13. The highest BCUT2D eigenvalue weighted by Crippen LogP contribution is 2.31. The van der Waals surface area contributed by atoms with E-state index < -0.39 is 0 Å². The van der Waals surface area contributed by atoms with Crippen LogP contribution in [0.5, 0.6) is 5.75 Å². The van der Waals surface area contributed by atoms with E-state index in [9.17, 15) is 0 Å². The van der Waals surface area contributed by atoms with Gasteiger partial charge in [0.15, 0.2) is 0 Å². The Kier molecular flexibility index (Phi) is 4.40. The van der Waals surface area contributed by atoms with Crippen molar-refractivity contribution in [2.24, 2.45) is 0 Å². The number of piperazine rings is 1. The Morgan fingerprint density at radius 3 is 2.65 bits per heavy atom. The summed E-state index contributed by atoms with van der Waals surface area (Å²) >= 11 is 0. The van der Waals surface area contributed by atoms with Crippen LogP contribution in [0.2, 0.25) is 0 Å². The van der Waals surface area contributed by atoms with E-state index in [1.54, 1.807) is 7.11 Å². The first-order valence-electron chi connectivity index (χ1n) is 6.44. The maximum absolute atomic E-state index is 5.48. The maximum Gasteiger partial charge on any atom is 0.123 e. The molecule has 0 aromatic heterocycles. The lowest BCUT2D eigenvalue weighted by atomic mass is 10.0. The van der Waals surface area contributed by atoms with Crippen LogP contribution in [-0.2, 0) is 0 Å². The number of hydrogen-bond acceptors (Lipinski definition) is 3. The van der Waals surface area contributed by atoms with E-state index in [0.29, 0.717) is 6.04 Å². The number of rotatable bonds is 4. The fourth-order valence-electron chi connectivity index (χ4n) is 2.61. The van der Waals surface area contributed by atoms with Crippen molar-refractivity contribution < 1.29 is 4.74 Å². The molecule has 0 unspecified atom stereocenters. The van der Waals surface area contributed by atoms with Crippen molar-refractivity contribution in [3.05, 3.63) is 29.8 Å². The van der Waals surface area contributed by atoms with Crippen LogP contribution in [0.25, 0.3) is 0 Å². The third-order valence-corrected chi connectivity index (χ3v) is 3.48. The molecule has 0 bridgehead atoms. The second-order valence-electron chi connectivity index (χ2n) is 4.45. The molecule has 3 nitrogen and oxygen atoms in total. The molecule has 1 saturated heterocycles. The fraction of sp³-hybridized carbons (Fsp3) is 0.571. The molecular formula is C14H22N2O. The minimum atomic E-state index is 0.480. The van der Waals surface area contributed by atoms with Crippen molar-refractivity contribution in [3.8, 4) is 5.75 Å². The lowest BCUT2D eigenvalue weighted by Crippen LogP contribution is -2.45. The number of benzene rings is 1. The summed E-state index contributed by atoms with van der Waals surface area (Å²) in [4.78, 5) is 2.55. The average Bonchev–Trinajstić information content (AvgIpc) is 2.41. The summed E-state index contributed by atoms with van der Waals surface area (Å²) in [7, 11) is 1.75. The Hall–Kier alpha value is -1.06. The van der Waals surface area contributed by atoms with E-state index in [4.69, 9.17) is 4.74 Å². The average molecular weight is 234 g/mol. The highest BCUT2D eigenvalue weighted by Gasteiger charge is 2.22. The standard InChI is InChI=1S/C14H22N2O/c1-3-13(16-10-8-15-9-11-16)12-6-4-5-7-14(12)17-2/h4-7,13,15H,3,8-11H2,1-2H3/t13-/m1/s1. The van der Waals surface area contributed by atoms with E-state index >= 15 is 0 Å². The molecule has 1 N–H and O–H groups in total. The molecular weight excluding hydrogens is 212 g/mol. The van der Waals surface area contributed by atoms with Gasteiger partial charge in [0.05, 0.1) is 7.11 Å². The van der Waals surface area contributed by atoms with Crippen LogP contribution in [-0.4, -0.2) is 38.2 Å². The van der Waals surface area contributed by atoms with Crippen molar-refractivity contribution in [2.75, 3.05) is 33.3 Å². The van der Waals surface area contributed by atoms with Crippen LogP contribution < -0.4 is 10.1 Å². The van der Waals surface area contributed by atoms with E-state index in [1.807, 2.05) is 6.07 Å². The molecule has 1 atom stereocenters. The van der Waals surface area contributed by atoms with Gasteiger partial charge in [0.25, 0.3) is 0 Å². The second-order valence-corrected chi connectivity index (χ2v) is 4.45. The summed E-state index contributed by atoms with van der Waals surface area (Å²) in [5, 5.41) is 3.40. The van der Waals surface area contributed by atoms with Crippen LogP contribution in [0.4, 0.5) is 0 Å². The molecule has 1 heterocycles. The van der Waals surface area contributed by atoms with Gasteiger partial charge in [0.1, 0.15) is 5.75 Å². The molecule has 0 saturated carbocycles. The Morgan fingerprint density at radius 1 is 1.29 bits per heavy atom. The third kappa shape index (κ3) is 2.79. The molecule has 2 rings (SSSR count). The van der Waals surface area contributed by atoms with Crippen molar-refractivity contribution in [2.45, 2.75) is 19.4 Å². The van der Waals surface area contributed by atoms with Crippen LogP contribution in [0, 0.1) is 0 Å². The number of para-hydroxylation sites is 1. The number of methoxy groups -OCH3 is 1. The van der Waals surface area contributed by atoms with Crippen molar-refractivity contribution in [1.29, 1.82) is 0 Å². The Labute approximate surface area is 104 Å². The molecule has 0 aliphatic carbocycles. The molecule has 1 aliphatic heterocycles. The van der Waals surface area contributed by atoms with Crippen LogP contribution >= 0.6 is 0 Å². The molecule has 3 heteroatoms. The predicted molar refractivity (Wildman–Crippen MR) is 70.5 cm³/mol. The van der Waals surface area contributed by atoms with Gasteiger partial charge < -0.3 is 10.1 Å². The quantitative estimate of drug-likeness (QED) is 0.863. The lowest BCUT2D eigenvalue weighted by molar-refractivity contribution is 0.166. The molecule has 0 amide bonds. The van der Waals surface area contributed by atoms with E-state index in [0.717, 1.165) is 38.3 Å². The van der Waals surface area contributed by atoms with Crippen LogP contribution in [0.3, 0.4) is 0 Å². The molecule has 94 valence electrons. The molecule has 17 heavy (non-hydrogen) atoms. The van der Waals surface area contributed by atoms with Gasteiger partial charge in [0.2, 0.25) is 0 Å². The van der Waals surface area contributed by atoms with Gasteiger partial charge in [-0.05, 0) is 12.5 Å². The molecule has 0 radical (unpaired) electrons. The summed E-state index contributed by atoms with van der Waals surface area (Å²) in [6.45, 7) is 6.67. The molecule has 1 aromatic rings. The molecule has 0 spiro atoms. The Morgan fingerprint density at radius 2 is 2.00 bits per heavy atom. The van der Waals surface area contributed by atoms with Crippen molar-refractivity contribution >= 4 is 0 Å². The SMILES string of the molecule is CC[C@H](c1ccccc1OC)N1CCNCC1. The van der Waals surface area contributed by atoms with E-state index in [1.165, 1.54) is 5.56 Å². The fourth-order valence-corrected chi connectivity index (χ4v) is 2.61. The molecule has 1 aromatic carbocycles. The Bertz CT molecular complexity index is 348. The number of nitrogens with zero attached hydrogens (tertiary/aromatic N) is 1. The monoisotopic (exact) mass is 234 g/mol. The van der Waals surface area contributed by atoms with Gasteiger partial charge in [-0.25, -0.2) is 0 Å². The second kappa shape index (κ2) is 6.03. The summed E-state index contributed by atoms with van der Waals surface area (Å²) in [6, 6.07) is 8.86. The molecule has 1 fully saturated rings. The predicted octanol–water partition coefficient (Wildman–Crippen LogP) is 2.05. The van der Waals surface area contributed by atoms with Crippen molar-refractivity contribution in [3.63, 3.8) is 0 Å². The number of ether oxygens (including phenoxy) is 1. The van der Waals surface area contributed by atoms with E-state index in [2.05, 4.69) is 35.3 Å². The maximum atomic E-state index is 5.48. The summed E-state index contributed by atoms with van der Waals surface area (Å²) in [5.74, 6) is 1.01. The summed E-state index contributed by atoms with van der Waals surface area (Å²) in [5.41, 5.74) is 1.32. The zero-order valence-electron chi connectivity index (χ0n) is 10.8. The molecule has 1 aliphatic rings. The van der Waals surface area contributed by atoms with Gasteiger partial charge in [-0.3, -0.25) is 4.90 Å². The largest absolute Gasteiger partial charge is 0.496 e. The highest BCUT2D eigenvalue weighted by molar-refractivity contribution is 5.35. The Balaban J connectivity index is 2.21. The summed E-state index contributed by atoms with van der Waals surface area (Å²) < 4.78 is 5.48. The first-order valence-corrected chi connectivity index (χ1v) is 6.44. The number of hydrogen-bond donors (Lipinski definition) is 1. The third-order valence-electron chi connectivity index (χ3n) is 3.48. The highest BCUT2D eigenvalue weighted by atomic mass is 16.5. The topological polar surface area (TPSA) is 24.5 Å². The first-order chi connectivity index (χ1) is 8.36. The van der Waals surface area contributed by atoms with Crippen molar-refractivity contribution in [1.82, 2.24) is 10.2 Å². The van der Waals surface area contributed by atoms with Gasteiger partial charge in [0, 0.05) is 37.8 Å². The van der Waals surface area contributed by atoms with Gasteiger partial charge >= 0.3 is 0 Å². The van der Waals surface area contributed by atoms with Gasteiger partial charge in [-0.15, -0.1) is 0 Å². The van der Waals surface area contributed by atoms with Gasteiger partial charge in [-0.2, -0.15) is 0 Å². The van der Waals surface area contributed by atoms with E-state index in [-0.39, 0.29) is 0 Å². The number of nitrogens with one attached hydrogen (secondary N) is 1. The normalized spacial score (nSPS) is 18.9.